The van der Waals surface area contributed by atoms with Crippen LogP contribution in [0, 0.1) is 5.82 Å². The molecule has 1 saturated heterocycles. The number of ether oxygens (including phenoxy) is 1. The molecule has 0 radical (unpaired) electrons. The predicted octanol–water partition coefficient (Wildman–Crippen LogP) is 5.73. The summed E-state index contributed by atoms with van der Waals surface area (Å²) in [6.45, 7) is 2.47. The van der Waals surface area contributed by atoms with Crippen molar-refractivity contribution in [2.24, 2.45) is 0 Å². The maximum atomic E-state index is 13.4. The van der Waals surface area contributed by atoms with Gasteiger partial charge in [-0.1, -0.05) is 23.7 Å². The Labute approximate surface area is 260 Å². The standard InChI is InChI=1S/C34H32ClFN4O4/c1-44-31-16-6-26(7-17-31)33(42)39-20-18-38(19-21-39)30-14-12-29(13-15-30)37-32(41)23-40(22-24-2-10-28(36)11-3-24)34(43)25-4-8-27(35)9-5-25/h2-17H,18-23H2,1H3,(H,37,41). The second-order valence-electron chi connectivity index (χ2n) is 10.4. The maximum Gasteiger partial charge on any atom is 0.254 e. The third-order valence-electron chi connectivity index (χ3n) is 7.42. The molecule has 1 N–H and O–H groups in total. The van der Waals surface area contributed by atoms with Crippen LogP contribution < -0.4 is 15.0 Å². The molecule has 0 spiro atoms. The van der Waals surface area contributed by atoms with E-state index < -0.39 is 0 Å². The molecular formula is C34H32ClFN4O4. The van der Waals surface area contributed by atoms with Crippen molar-refractivity contribution in [3.05, 3.63) is 125 Å². The number of benzene rings is 4. The van der Waals surface area contributed by atoms with Gasteiger partial charge in [0.1, 0.15) is 18.1 Å². The molecule has 1 aliphatic heterocycles. The Bertz CT molecular complexity index is 1590. The number of hydrogen-bond acceptors (Lipinski definition) is 5. The number of carbonyl (C=O) groups is 3. The summed E-state index contributed by atoms with van der Waals surface area (Å²) in [5.74, 6) is -0.392. The van der Waals surface area contributed by atoms with Gasteiger partial charge >= 0.3 is 0 Å². The number of rotatable bonds is 9. The molecule has 226 valence electrons. The highest BCUT2D eigenvalue weighted by molar-refractivity contribution is 6.30. The lowest BCUT2D eigenvalue weighted by atomic mass is 10.1. The lowest BCUT2D eigenvalue weighted by Gasteiger charge is -2.36. The summed E-state index contributed by atoms with van der Waals surface area (Å²) in [6.07, 6.45) is 0. The molecule has 0 unspecified atom stereocenters. The Morgan fingerprint density at radius 2 is 1.43 bits per heavy atom. The molecule has 0 bridgehead atoms. The van der Waals surface area contributed by atoms with E-state index in [-0.39, 0.29) is 36.6 Å². The van der Waals surface area contributed by atoms with Crippen LogP contribution in [0.4, 0.5) is 15.8 Å². The SMILES string of the molecule is COc1ccc(C(=O)N2CCN(c3ccc(NC(=O)CN(Cc4ccc(F)cc4)C(=O)c4ccc(Cl)cc4)cc3)CC2)cc1. The van der Waals surface area contributed by atoms with Crippen LogP contribution in [0.15, 0.2) is 97.1 Å². The van der Waals surface area contributed by atoms with Crippen molar-refractivity contribution in [2.45, 2.75) is 6.54 Å². The van der Waals surface area contributed by atoms with E-state index in [2.05, 4.69) is 10.2 Å². The average molecular weight is 615 g/mol. The largest absolute Gasteiger partial charge is 0.497 e. The molecule has 0 aromatic heterocycles. The number of amides is 3. The maximum absolute atomic E-state index is 13.4. The minimum absolute atomic E-state index is 0.00613. The van der Waals surface area contributed by atoms with E-state index >= 15 is 0 Å². The number of anilines is 2. The second-order valence-corrected chi connectivity index (χ2v) is 10.8. The number of hydrogen-bond donors (Lipinski definition) is 1. The summed E-state index contributed by atoms with van der Waals surface area (Å²) in [6, 6.07) is 26.8. The summed E-state index contributed by atoms with van der Waals surface area (Å²) in [7, 11) is 1.59. The minimum atomic E-state index is -0.380. The van der Waals surface area contributed by atoms with Gasteiger partial charge in [0.05, 0.1) is 7.11 Å². The lowest BCUT2D eigenvalue weighted by Crippen LogP contribution is -2.48. The van der Waals surface area contributed by atoms with Crippen molar-refractivity contribution in [1.82, 2.24) is 9.80 Å². The number of nitrogens with one attached hydrogen (secondary N) is 1. The van der Waals surface area contributed by atoms with Crippen LogP contribution in [-0.4, -0.2) is 67.4 Å². The molecule has 44 heavy (non-hydrogen) atoms. The van der Waals surface area contributed by atoms with Crippen molar-refractivity contribution in [3.8, 4) is 5.75 Å². The van der Waals surface area contributed by atoms with Gasteiger partial charge in [0.15, 0.2) is 0 Å². The Morgan fingerprint density at radius 3 is 2.05 bits per heavy atom. The van der Waals surface area contributed by atoms with Crippen molar-refractivity contribution >= 4 is 40.7 Å². The molecular weight excluding hydrogens is 583 g/mol. The molecule has 4 aromatic rings. The fourth-order valence-electron chi connectivity index (χ4n) is 5.00. The second kappa shape index (κ2) is 14.1. The Balaban J connectivity index is 1.18. The molecule has 8 nitrogen and oxygen atoms in total. The van der Waals surface area contributed by atoms with Crippen LogP contribution in [0.2, 0.25) is 5.02 Å². The van der Waals surface area contributed by atoms with Crippen molar-refractivity contribution < 1.29 is 23.5 Å². The highest BCUT2D eigenvalue weighted by Gasteiger charge is 2.23. The molecule has 4 aromatic carbocycles. The number of carbonyl (C=O) groups excluding carboxylic acids is 3. The van der Waals surface area contributed by atoms with Crippen molar-refractivity contribution in [3.63, 3.8) is 0 Å². The van der Waals surface area contributed by atoms with Crippen LogP contribution in [0.5, 0.6) is 5.75 Å². The summed E-state index contributed by atoms with van der Waals surface area (Å²) in [5.41, 5.74) is 3.28. The van der Waals surface area contributed by atoms with E-state index in [9.17, 15) is 18.8 Å². The molecule has 3 amide bonds. The van der Waals surface area contributed by atoms with Gasteiger partial charge in [0, 0.05) is 60.2 Å². The van der Waals surface area contributed by atoms with Crippen LogP contribution in [0.3, 0.4) is 0 Å². The van der Waals surface area contributed by atoms with E-state index in [4.69, 9.17) is 16.3 Å². The summed E-state index contributed by atoms with van der Waals surface area (Å²) in [5, 5.41) is 3.36. The first-order valence-electron chi connectivity index (χ1n) is 14.2. The van der Waals surface area contributed by atoms with Crippen molar-refractivity contribution in [2.75, 3.05) is 50.1 Å². The first-order valence-corrected chi connectivity index (χ1v) is 14.5. The van der Waals surface area contributed by atoms with Gasteiger partial charge in [-0.2, -0.15) is 0 Å². The van der Waals surface area contributed by atoms with E-state index in [0.29, 0.717) is 59.3 Å². The van der Waals surface area contributed by atoms with Gasteiger partial charge in [-0.05, 0) is 90.5 Å². The number of methoxy groups -OCH3 is 1. The first kappa shape index (κ1) is 30.6. The molecule has 1 heterocycles. The summed E-state index contributed by atoms with van der Waals surface area (Å²) in [4.78, 5) is 44.7. The van der Waals surface area contributed by atoms with Gasteiger partial charge in [0.2, 0.25) is 5.91 Å². The average Bonchev–Trinajstić information content (AvgIpc) is 3.05. The highest BCUT2D eigenvalue weighted by atomic mass is 35.5. The van der Waals surface area contributed by atoms with Gasteiger partial charge in [0.25, 0.3) is 11.8 Å². The fourth-order valence-corrected chi connectivity index (χ4v) is 5.12. The zero-order valence-electron chi connectivity index (χ0n) is 24.2. The topological polar surface area (TPSA) is 82.2 Å². The molecule has 0 aliphatic carbocycles. The van der Waals surface area contributed by atoms with E-state index in [1.807, 2.05) is 29.2 Å². The quantitative estimate of drug-likeness (QED) is 0.260. The third kappa shape index (κ3) is 7.73. The van der Waals surface area contributed by atoms with Crippen LogP contribution >= 0.6 is 11.6 Å². The Morgan fingerprint density at radius 1 is 0.818 bits per heavy atom. The van der Waals surface area contributed by atoms with Gasteiger partial charge in [-0.3, -0.25) is 14.4 Å². The Hall–Kier alpha value is -4.89. The predicted molar refractivity (Wildman–Crippen MR) is 169 cm³/mol. The van der Waals surface area contributed by atoms with Gasteiger partial charge < -0.3 is 24.8 Å². The van der Waals surface area contributed by atoms with Crippen LogP contribution in [-0.2, 0) is 11.3 Å². The fraction of sp³-hybridized carbons (Fsp3) is 0.206. The lowest BCUT2D eigenvalue weighted by molar-refractivity contribution is -0.117. The smallest absolute Gasteiger partial charge is 0.254 e. The van der Waals surface area contributed by atoms with E-state index in [1.54, 1.807) is 67.8 Å². The minimum Gasteiger partial charge on any atom is -0.497 e. The monoisotopic (exact) mass is 614 g/mol. The number of nitrogens with zero attached hydrogens (tertiary/aromatic N) is 3. The molecule has 10 heteroatoms. The molecule has 1 fully saturated rings. The highest BCUT2D eigenvalue weighted by Crippen LogP contribution is 2.21. The Kier molecular flexibility index (Phi) is 9.76. The first-order chi connectivity index (χ1) is 21.3. The number of halogens is 2. The van der Waals surface area contributed by atoms with Crippen molar-refractivity contribution in [1.29, 1.82) is 0 Å². The zero-order valence-corrected chi connectivity index (χ0v) is 25.0. The van der Waals surface area contributed by atoms with Gasteiger partial charge in [-0.25, -0.2) is 4.39 Å². The third-order valence-corrected chi connectivity index (χ3v) is 7.67. The summed E-state index contributed by atoms with van der Waals surface area (Å²) < 4.78 is 18.6. The molecule has 0 saturated carbocycles. The molecule has 0 atom stereocenters. The molecule has 5 rings (SSSR count). The van der Waals surface area contributed by atoms with Crippen LogP contribution in [0.1, 0.15) is 26.3 Å². The molecule has 1 aliphatic rings. The zero-order chi connectivity index (χ0) is 31.1. The van der Waals surface area contributed by atoms with Gasteiger partial charge in [-0.15, -0.1) is 0 Å². The van der Waals surface area contributed by atoms with E-state index in [1.165, 1.54) is 17.0 Å². The summed E-state index contributed by atoms with van der Waals surface area (Å²) >= 11 is 5.98. The van der Waals surface area contributed by atoms with E-state index in [0.717, 1.165) is 5.69 Å². The van der Waals surface area contributed by atoms with Crippen LogP contribution in [0.25, 0.3) is 0 Å². The normalized spacial score (nSPS) is 12.9. The number of piperazine rings is 1.